The van der Waals surface area contributed by atoms with Gasteiger partial charge in [0.05, 0.1) is 11.6 Å². The van der Waals surface area contributed by atoms with Gasteiger partial charge in [-0.05, 0) is 62.1 Å². The van der Waals surface area contributed by atoms with Crippen LogP contribution in [0.5, 0.6) is 0 Å². The van der Waals surface area contributed by atoms with E-state index in [-0.39, 0.29) is 12.6 Å². The Morgan fingerprint density at radius 3 is 2.56 bits per heavy atom. The molecule has 0 atom stereocenters. The van der Waals surface area contributed by atoms with Gasteiger partial charge in [-0.3, -0.25) is 9.69 Å². The van der Waals surface area contributed by atoms with Gasteiger partial charge in [-0.25, -0.2) is 9.37 Å². The summed E-state index contributed by atoms with van der Waals surface area (Å²) in [5.74, 6) is 0.572. The standard InChI is InChI=1S/C31H35FN8O/c1-39(2)16-5-10-28(41)35-24-7-3-6-21(18-24)26-8-4-9-27-29(26)37-31(38-30(27)33)36-23-13-11-22(12-14-23)34-25-19-40(20-25)17-15-32/h3-14,18,25,34H,15-17,19-20H2,1-2H3,(H,35,41)(H3,33,36,37,38). The monoisotopic (exact) mass is 554 g/mol. The van der Waals surface area contributed by atoms with Crippen LogP contribution in [0, 0.1) is 0 Å². The van der Waals surface area contributed by atoms with Crippen molar-refractivity contribution in [2.45, 2.75) is 6.04 Å². The molecule has 1 aliphatic heterocycles. The number of carbonyl (C=O) groups excluding carboxylic acids is 1. The van der Waals surface area contributed by atoms with Gasteiger partial charge in [0.1, 0.15) is 12.5 Å². The predicted octanol–water partition coefficient (Wildman–Crippen LogP) is 4.74. The lowest BCUT2D eigenvalue weighted by Gasteiger charge is -2.39. The first kappa shape index (κ1) is 28.0. The van der Waals surface area contributed by atoms with E-state index < -0.39 is 0 Å². The second-order valence-electron chi connectivity index (χ2n) is 10.4. The zero-order valence-corrected chi connectivity index (χ0v) is 23.3. The number of hydrogen-bond donors (Lipinski definition) is 4. The number of para-hydroxylation sites is 1. The first-order valence-electron chi connectivity index (χ1n) is 13.6. The van der Waals surface area contributed by atoms with Crippen molar-refractivity contribution >= 4 is 45.6 Å². The number of alkyl halides is 1. The Hall–Kier alpha value is -4.54. The molecule has 0 radical (unpaired) electrons. The van der Waals surface area contributed by atoms with E-state index in [1.165, 1.54) is 6.08 Å². The molecule has 4 aromatic rings. The lowest BCUT2D eigenvalue weighted by Crippen LogP contribution is -2.55. The summed E-state index contributed by atoms with van der Waals surface area (Å²) in [6.45, 7) is 2.56. The fraction of sp³-hybridized carbons (Fsp3) is 0.258. The maximum Gasteiger partial charge on any atom is 0.248 e. The van der Waals surface area contributed by atoms with Gasteiger partial charge in [0, 0.05) is 60.3 Å². The largest absolute Gasteiger partial charge is 0.383 e. The summed E-state index contributed by atoms with van der Waals surface area (Å²) in [5, 5.41) is 10.4. The molecule has 1 aromatic heterocycles. The van der Waals surface area contributed by atoms with E-state index in [9.17, 15) is 9.18 Å². The van der Waals surface area contributed by atoms with Crippen molar-refractivity contribution in [2.75, 3.05) is 68.6 Å². The molecule has 9 nitrogen and oxygen atoms in total. The van der Waals surface area contributed by atoms with Gasteiger partial charge in [0.2, 0.25) is 11.9 Å². The Bertz CT molecular complexity index is 1530. The second-order valence-corrected chi connectivity index (χ2v) is 10.4. The van der Waals surface area contributed by atoms with E-state index in [4.69, 9.17) is 10.7 Å². The molecule has 5 N–H and O–H groups in total. The number of nitrogens with zero attached hydrogens (tertiary/aromatic N) is 4. The number of rotatable bonds is 11. The average molecular weight is 555 g/mol. The van der Waals surface area contributed by atoms with Crippen LogP contribution in [0.4, 0.5) is 33.2 Å². The van der Waals surface area contributed by atoms with Crippen LogP contribution in [0.3, 0.4) is 0 Å². The third kappa shape index (κ3) is 7.16. The van der Waals surface area contributed by atoms with Crippen LogP contribution in [-0.4, -0.2) is 78.7 Å². The zero-order valence-electron chi connectivity index (χ0n) is 23.3. The minimum Gasteiger partial charge on any atom is -0.383 e. The number of likely N-dealkylation sites (tertiary alicyclic amines) is 1. The number of aromatic nitrogens is 2. The molecule has 0 bridgehead atoms. The summed E-state index contributed by atoms with van der Waals surface area (Å²) in [5.41, 5.74) is 11.3. The summed E-state index contributed by atoms with van der Waals surface area (Å²) in [6, 6.07) is 21.7. The lowest BCUT2D eigenvalue weighted by atomic mass is 10.0. The van der Waals surface area contributed by atoms with Gasteiger partial charge in [-0.15, -0.1) is 0 Å². The molecule has 3 aromatic carbocycles. The first-order chi connectivity index (χ1) is 19.9. The Labute approximate surface area is 239 Å². The lowest BCUT2D eigenvalue weighted by molar-refractivity contribution is -0.111. The summed E-state index contributed by atoms with van der Waals surface area (Å²) >= 11 is 0. The second kappa shape index (κ2) is 12.8. The molecule has 1 saturated heterocycles. The Morgan fingerprint density at radius 1 is 1.05 bits per heavy atom. The minimum absolute atomic E-state index is 0.187. The van der Waals surface area contributed by atoms with E-state index in [0.717, 1.165) is 41.0 Å². The third-order valence-corrected chi connectivity index (χ3v) is 6.81. The molecule has 1 fully saturated rings. The molecule has 1 amide bonds. The van der Waals surface area contributed by atoms with Crippen LogP contribution in [-0.2, 0) is 4.79 Å². The fourth-order valence-corrected chi connectivity index (χ4v) is 4.76. The van der Waals surface area contributed by atoms with Gasteiger partial charge in [0.25, 0.3) is 0 Å². The number of benzene rings is 3. The number of nitrogen functional groups attached to an aromatic ring is 1. The van der Waals surface area contributed by atoms with Gasteiger partial charge in [0.15, 0.2) is 0 Å². The van der Waals surface area contributed by atoms with Crippen LogP contribution in [0.15, 0.2) is 78.9 Å². The van der Waals surface area contributed by atoms with Crippen LogP contribution >= 0.6 is 0 Å². The van der Waals surface area contributed by atoms with Crippen molar-refractivity contribution in [1.82, 2.24) is 19.8 Å². The first-order valence-corrected chi connectivity index (χ1v) is 13.6. The quantitative estimate of drug-likeness (QED) is 0.197. The van der Waals surface area contributed by atoms with Crippen LogP contribution < -0.4 is 21.7 Å². The van der Waals surface area contributed by atoms with E-state index in [2.05, 4.69) is 25.8 Å². The highest BCUT2D eigenvalue weighted by atomic mass is 19.1. The number of likely N-dealkylation sites (N-methyl/N-ethyl adjacent to an activating group) is 1. The molecule has 0 spiro atoms. The van der Waals surface area contributed by atoms with Crippen LogP contribution in [0.25, 0.3) is 22.0 Å². The molecule has 0 aliphatic carbocycles. The highest BCUT2D eigenvalue weighted by Gasteiger charge is 2.25. The van der Waals surface area contributed by atoms with Crippen molar-refractivity contribution < 1.29 is 9.18 Å². The highest BCUT2D eigenvalue weighted by molar-refractivity contribution is 6.02. The summed E-state index contributed by atoms with van der Waals surface area (Å²) < 4.78 is 12.5. The van der Waals surface area contributed by atoms with Gasteiger partial charge >= 0.3 is 0 Å². The van der Waals surface area contributed by atoms with Crippen LogP contribution in [0.1, 0.15) is 0 Å². The van der Waals surface area contributed by atoms with Crippen molar-refractivity contribution in [3.63, 3.8) is 0 Å². The van der Waals surface area contributed by atoms with Gasteiger partial charge < -0.3 is 26.6 Å². The molecule has 2 heterocycles. The Balaban J connectivity index is 1.32. The predicted molar refractivity (Wildman–Crippen MR) is 165 cm³/mol. The molecule has 0 unspecified atom stereocenters. The molecule has 0 saturated carbocycles. The summed E-state index contributed by atoms with van der Waals surface area (Å²) in [6.07, 6.45) is 3.36. The maximum atomic E-state index is 12.5. The molecular weight excluding hydrogens is 519 g/mol. The third-order valence-electron chi connectivity index (χ3n) is 6.81. The molecular formula is C31H35FN8O. The fourth-order valence-electron chi connectivity index (χ4n) is 4.76. The maximum absolute atomic E-state index is 12.5. The molecule has 41 heavy (non-hydrogen) atoms. The Kier molecular flexibility index (Phi) is 8.71. The van der Waals surface area contributed by atoms with Crippen molar-refractivity contribution in [3.05, 3.63) is 78.9 Å². The number of halogens is 1. The number of nitrogens with one attached hydrogen (secondary N) is 3. The molecule has 1 aliphatic rings. The smallest absolute Gasteiger partial charge is 0.248 e. The number of hydrogen-bond acceptors (Lipinski definition) is 8. The number of nitrogens with two attached hydrogens (primary N) is 1. The highest BCUT2D eigenvalue weighted by Crippen LogP contribution is 2.32. The van der Waals surface area contributed by atoms with E-state index in [1.807, 2.05) is 91.8 Å². The molecule has 212 valence electrons. The zero-order chi connectivity index (χ0) is 28.8. The molecule has 10 heteroatoms. The van der Waals surface area contributed by atoms with Crippen molar-refractivity contribution in [2.24, 2.45) is 0 Å². The number of carbonyl (C=O) groups is 1. The van der Waals surface area contributed by atoms with E-state index in [0.29, 0.717) is 42.1 Å². The number of amides is 1. The SMILES string of the molecule is CN(C)CC=CC(=O)Nc1cccc(-c2cccc3c(N)nc(Nc4ccc(NC5CN(CCF)C5)cc4)nc23)c1. The topological polar surface area (TPSA) is 111 Å². The van der Waals surface area contributed by atoms with Gasteiger partial charge in [-0.2, -0.15) is 4.98 Å². The Morgan fingerprint density at radius 2 is 1.80 bits per heavy atom. The average Bonchev–Trinajstić information content (AvgIpc) is 2.92. The summed E-state index contributed by atoms with van der Waals surface area (Å²) in [4.78, 5) is 25.7. The summed E-state index contributed by atoms with van der Waals surface area (Å²) in [7, 11) is 3.89. The number of fused-ring (bicyclic) bond motifs is 1. The van der Waals surface area contributed by atoms with E-state index >= 15 is 0 Å². The normalized spacial score (nSPS) is 14.0. The van der Waals surface area contributed by atoms with Crippen molar-refractivity contribution in [1.29, 1.82) is 0 Å². The molecule has 5 rings (SSSR count). The minimum atomic E-state index is -0.310. The van der Waals surface area contributed by atoms with Gasteiger partial charge in [-0.1, -0.05) is 30.3 Å². The number of anilines is 5. The van der Waals surface area contributed by atoms with Crippen molar-refractivity contribution in [3.8, 4) is 11.1 Å². The van der Waals surface area contributed by atoms with E-state index in [1.54, 1.807) is 0 Å². The van der Waals surface area contributed by atoms with Crippen LogP contribution in [0.2, 0.25) is 0 Å².